The Morgan fingerprint density at radius 1 is 1.43 bits per heavy atom. The van der Waals surface area contributed by atoms with Crippen LogP contribution >= 0.6 is 0 Å². The molecule has 1 unspecified atom stereocenters. The highest BCUT2D eigenvalue weighted by Gasteiger charge is 2.60. The SMILES string of the molecule is O=C1NC2(CC2)C(=O)N1C1CCOC1. The summed E-state index contributed by atoms with van der Waals surface area (Å²) < 4.78 is 5.18. The Bertz CT molecular complexity index is 305. The van der Waals surface area contributed by atoms with Crippen molar-refractivity contribution in [3.63, 3.8) is 0 Å². The maximum Gasteiger partial charge on any atom is 0.325 e. The van der Waals surface area contributed by atoms with Crippen molar-refractivity contribution in [2.24, 2.45) is 0 Å². The Hall–Kier alpha value is -1.10. The zero-order chi connectivity index (χ0) is 9.76. The van der Waals surface area contributed by atoms with Crippen molar-refractivity contribution >= 4 is 11.9 Å². The number of urea groups is 1. The van der Waals surface area contributed by atoms with Gasteiger partial charge in [0.15, 0.2) is 0 Å². The number of nitrogens with zero attached hydrogens (tertiary/aromatic N) is 1. The van der Waals surface area contributed by atoms with Gasteiger partial charge in [-0.05, 0) is 19.3 Å². The number of nitrogens with one attached hydrogen (secondary N) is 1. The van der Waals surface area contributed by atoms with E-state index in [1.165, 1.54) is 4.90 Å². The summed E-state index contributed by atoms with van der Waals surface area (Å²) in [6, 6.07) is -0.273. The molecule has 1 spiro atoms. The summed E-state index contributed by atoms with van der Waals surface area (Å²) in [6.45, 7) is 1.14. The normalized spacial score (nSPS) is 34.0. The van der Waals surface area contributed by atoms with Crippen LogP contribution in [0.1, 0.15) is 19.3 Å². The van der Waals surface area contributed by atoms with Crippen molar-refractivity contribution in [3.8, 4) is 0 Å². The van der Waals surface area contributed by atoms with Crippen LogP contribution in [0.5, 0.6) is 0 Å². The maximum atomic E-state index is 11.9. The highest BCUT2D eigenvalue weighted by Crippen LogP contribution is 2.41. The number of ether oxygens (including phenoxy) is 1. The molecule has 3 rings (SSSR count). The van der Waals surface area contributed by atoms with E-state index in [0.717, 1.165) is 19.3 Å². The summed E-state index contributed by atoms with van der Waals surface area (Å²) in [4.78, 5) is 24.8. The van der Waals surface area contributed by atoms with Gasteiger partial charge in [0.25, 0.3) is 5.91 Å². The van der Waals surface area contributed by atoms with Gasteiger partial charge in [0.1, 0.15) is 5.54 Å². The van der Waals surface area contributed by atoms with E-state index in [0.29, 0.717) is 13.2 Å². The Morgan fingerprint density at radius 2 is 2.21 bits per heavy atom. The van der Waals surface area contributed by atoms with Gasteiger partial charge >= 0.3 is 6.03 Å². The zero-order valence-electron chi connectivity index (χ0n) is 7.78. The summed E-state index contributed by atoms with van der Waals surface area (Å²) in [5.74, 6) is -0.0435. The molecule has 1 atom stereocenters. The minimum atomic E-state index is -0.514. The molecule has 3 fully saturated rings. The monoisotopic (exact) mass is 196 g/mol. The van der Waals surface area contributed by atoms with Gasteiger partial charge in [-0.1, -0.05) is 0 Å². The van der Waals surface area contributed by atoms with Crippen LogP contribution in [0.25, 0.3) is 0 Å². The van der Waals surface area contributed by atoms with Gasteiger partial charge in [-0.15, -0.1) is 0 Å². The number of imide groups is 1. The van der Waals surface area contributed by atoms with Crippen LogP contribution in [-0.4, -0.2) is 41.6 Å². The average Bonchev–Trinajstić information content (AvgIpc) is 2.65. The van der Waals surface area contributed by atoms with E-state index in [1.54, 1.807) is 0 Å². The molecule has 1 aliphatic carbocycles. The molecule has 3 aliphatic rings. The molecular weight excluding hydrogens is 184 g/mol. The Kier molecular flexibility index (Phi) is 1.45. The number of carbonyl (C=O) groups is 2. The van der Waals surface area contributed by atoms with Gasteiger partial charge in [-0.3, -0.25) is 9.69 Å². The molecule has 2 heterocycles. The fourth-order valence-corrected chi connectivity index (χ4v) is 2.16. The van der Waals surface area contributed by atoms with Crippen LogP contribution in [0, 0.1) is 0 Å². The fourth-order valence-electron chi connectivity index (χ4n) is 2.16. The van der Waals surface area contributed by atoms with E-state index in [1.807, 2.05) is 0 Å². The first-order chi connectivity index (χ1) is 6.73. The predicted molar refractivity (Wildman–Crippen MR) is 46.6 cm³/mol. The third-order valence-corrected chi connectivity index (χ3v) is 3.21. The van der Waals surface area contributed by atoms with Crippen molar-refractivity contribution < 1.29 is 14.3 Å². The average molecular weight is 196 g/mol. The summed E-state index contributed by atoms with van der Waals surface area (Å²) in [7, 11) is 0. The third kappa shape index (κ3) is 0.930. The van der Waals surface area contributed by atoms with E-state index in [-0.39, 0.29) is 18.0 Å². The zero-order valence-corrected chi connectivity index (χ0v) is 7.78. The molecule has 5 nitrogen and oxygen atoms in total. The Balaban J connectivity index is 1.84. The molecule has 0 aromatic heterocycles. The van der Waals surface area contributed by atoms with Crippen molar-refractivity contribution in [1.82, 2.24) is 10.2 Å². The second-order valence-electron chi connectivity index (χ2n) is 4.20. The molecule has 0 radical (unpaired) electrons. The van der Waals surface area contributed by atoms with Gasteiger partial charge in [0.2, 0.25) is 0 Å². The molecule has 2 saturated heterocycles. The molecule has 5 heteroatoms. The topological polar surface area (TPSA) is 58.6 Å². The van der Waals surface area contributed by atoms with E-state index >= 15 is 0 Å². The van der Waals surface area contributed by atoms with Crippen LogP contribution in [0.15, 0.2) is 0 Å². The van der Waals surface area contributed by atoms with Crippen LogP contribution in [0.2, 0.25) is 0 Å². The van der Waals surface area contributed by atoms with Crippen LogP contribution in [0.3, 0.4) is 0 Å². The highest BCUT2D eigenvalue weighted by atomic mass is 16.5. The highest BCUT2D eigenvalue weighted by molar-refractivity contribution is 6.09. The van der Waals surface area contributed by atoms with Gasteiger partial charge in [-0.2, -0.15) is 0 Å². The first-order valence-electron chi connectivity index (χ1n) is 4.96. The molecule has 0 aromatic rings. The number of hydrogen-bond acceptors (Lipinski definition) is 3. The van der Waals surface area contributed by atoms with Crippen molar-refractivity contribution in [1.29, 1.82) is 0 Å². The van der Waals surface area contributed by atoms with Gasteiger partial charge < -0.3 is 10.1 Å². The molecule has 0 aromatic carbocycles. The third-order valence-electron chi connectivity index (χ3n) is 3.21. The second kappa shape index (κ2) is 2.48. The van der Waals surface area contributed by atoms with Gasteiger partial charge in [0, 0.05) is 6.61 Å². The lowest BCUT2D eigenvalue weighted by molar-refractivity contribution is -0.129. The van der Waals surface area contributed by atoms with Crippen LogP contribution in [-0.2, 0) is 9.53 Å². The van der Waals surface area contributed by atoms with Crippen LogP contribution in [0.4, 0.5) is 4.79 Å². The largest absolute Gasteiger partial charge is 0.379 e. The smallest absolute Gasteiger partial charge is 0.325 e. The number of amides is 3. The molecule has 14 heavy (non-hydrogen) atoms. The Morgan fingerprint density at radius 3 is 2.71 bits per heavy atom. The van der Waals surface area contributed by atoms with Gasteiger partial charge in [-0.25, -0.2) is 4.79 Å². The lowest BCUT2D eigenvalue weighted by Crippen LogP contribution is -2.41. The molecular formula is C9H12N2O3. The second-order valence-corrected chi connectivity index (χ2v) is 4.20. The lowest BCUT2D eigenvalue weighted by Gasteiger charge is -2.18. The molecule has 3 amide bonds. The summed E-state index contributed by atoms with van der Waals surface area (Å²) in [6.07, 6.45) is 2.36. The van der Waals surface area contributed by atoms with Crippen molar-refractivity contribution in [2.45, 2.75) is 30.8 Å². The summed E-state index contributed by atoms with van der Waals surface area (Å²) in [5, 5.41) is 2.76. The quantitative estimate of drug-likeness (QED) is 0.594. The summed E-state index contributed by atoms with van der Waals surface area (Å²) in [5.41, 5.74) is -0.514. The van der Waals surface area contributed by atoms with E-state index in [9.17, 15) is 9.59 Å². The van der Waals surface area contributed by atoms with E-state index < -0.39 is 5.54 Å². The number of carbonyl (C=O) groups excluding carboxylic acids is 2. The lowest BCUT2D eigenvalue weighted by atomic mass is 10.2. The minimum absolute atomic E-state index is 0.0394. The van der Waals surface area contributed by atoms with E-state index in [4.69, 9.17) is 4.74 Å². The van der Waals surface area contributed by atoms with Crippen molar-refractivity contribution in [2.75, 3.05) is 13.2 Å². The number of rotatable bonds is 1. The maximum absolute atomic E-state index is 11.9. The predicted octanol–water partition coefficient (Wildman–Crippen LogP) is -0.140. The fraction of sp³-hybridized carbons (Fsp3) is 0.778. The first kappa shape index (κ1) is 8.23. The minimum Gasteiger partial charge on any atom is -0.379 e. The standard InChI is InChI=1S/C9H12N2O3/c12-7-9(2-3-9)10-8(13)11(7)6-1-4-14-5-6/h6H,1-5H2,(H,10,13). The Labute approximate surface area is 81.4 Å². The molecule has 2 aliphatic heterocycles. The van der Waals surface area contributed by atoms with Crippen molar-refractivity contribution in [3.05, 3.63) is 0 Å². The number of hydrogen-bond donors (Lipinski definition) is 1. The van der Waals surface area contributed by atoms with E-state index in [2.05, 4.69) is 5.32 Å². The van der Waals surface area contributed by atoms with Gasteiger partial charge in [0.05, 0.1) is 12.6 Å². The molecule has 1 N–H and O–H groups in total. The summed E-state index contributed by atoms with van der Waals surface area (Å²) >= 11 is 0. The molecule has 76 valence electrons. The molecule has 1 saturated carbocycles. The van der Waals surface area contributed by atoms with Crippen LogP contribution < -0.4 is 5.32 Å². The molecule has 0 bridgehead atoms. The first-order valence-corrected chi connectivity index (χ1v) is 4.96.